The molecular weight excluding hydrogens is 272 g/mol. The molecule has 2 amide bonds. The Balaban J connectivity index is 2.68. The highest BCUT2D eigenvalue weighted by molar-refractivity contribution is 6.35. The molecule has 1 aliphatic heterocycles. The van der Waals surface area contributed by atoms with Crippen molar-refractivity contribution in [3.8, 4) is 0 Å². The third-order valence-electron chi connectivity index (χ3n) is 3.96. The zero-order valence-electron chi connectivity index (χ0n) is 13.5. The van der Waals surface area contributed by atoms with Crippen molar-refractivity contribution in [1.29, 1.82) is 0 Å². The van der Waals surface area contributed by atoms with Crippen LogP contribution in [0.1, 0.15) is 32.6 Å². The molecule has 1 atom stereocenters. The molecule has 6 heteroatoms. The summed E-state index contributed by atoms with van der Waals surface area (Å²) >= 11 is 0. The predicted molar refractivity (Wildman–Crippen MR) is 80.0 cm³/mol. The Morgan fingerprint density at radius 1 is 1.14 bits per heavy atom. The number of rotatable bonds is 7. The van der Waals surface area contributed by atoms with E-state index < -0.39 is 5.91 Å². The predicted octanol–water partition coefficient (Wildman–Crippen LogP) is 0.899. The number of hydrogen-bond donors (Lipinski definition) is 0. The highest BCUT2D eigenvalue weighted by Crippen LogP contribution is 2.20. The van der Waals surface area contributed by atoms with Crippen LogP contribution in [0.3, 0.4) is 0 Å². The first-order valence-electron chi connectivity index (χ1n) is 7.73. The number of carbonyl (C=O) groups is 2. The number of nitrogens with zero attached hydrogens (tertiary/aromatic N) is 2. The molecule has 1 heterocycles. The molecule has 0 spiro atoms. The zero-order chi connectivity index (χ0) is 15.7. The van der Waals surface area contributed by atoms with Gasteiger partial charge < -0.3 is 19.3 Å². The molecule has 0 aromatic carbocycles. The monoisotopic (exact) mass is 300 g/mol. The van der Waals surface area contributed by atoms with Crippen LogP contribution in [0.25, 0.3) is 0 Å². The van der Waals surface area contributed by atoms with Crippen molar-refractivity contribution in [2.24, 2.45) is 0 Å². The lowest BCUT2D eigenvalue weighted by atomic mass is 10.00. The zero-order valence-corrected chi connectivity index (χ0v) is 13.5. The number of ether oxygens (including phenoxy) is 2. The highest BCUT2D eigenvalue weighted by Gasteiger charge is 2.32. The van der Waals surface area contributed by atoms with Gasteiger partial charge in [-0.1, -0.05) is 6.92 Å². The summed E-state index contributed by atoms with van der Waals surface area (Å²) in [5.41, 5.74) is 0. The fourth-order valence-corrected chi connectivity index (χ4v) is 2.67. The van der Waals surface area contributed by atoms with Crippen molar-refractivity contribution < 1.29 is 19.1 Å². The molecule has 0 aromatic rings. The maximum absolute atomic E-state index is 12.5. The van der Waals surface area contributed by atoms with Crippen LogP contribution in [-0.4, -0.2) is 74.7 Å². The minimum Gasteiger partial charge on any atom is -0.383 e. The number of carbonyl (C=O) groups excluding carboxylic acids is 2. The lowest BCUT2D eigenvalue weighted by molar-refractivity contribution is -0.154. The summed E-state index contributed by atoms with van der Waals surface area (Å²) in [5, 5.41) is 0. The maximum Gasteiger partial charge on any atom is 0.312 e. The van der Waals surface area contributed by atoms with Crippen LogP contribution < -0.4 is 0 Å². The van der Waals surface area contributed by atoms with Crippen LogP contribution in [0.4, 0.5) is 0 Å². The van der Waals surface area contributed by atoms with Gasteiger partial charge in [-0.25, -0.2) is 0 Å². The number of methoxy groups -OCH3 is 2. The van der Waals surface area contributed by atoms with E-state index in [1.807, 2.05) is 0 Å². The molecule has 1 fully saturated rings. The third-order valence-corrected chi connectivity index (χ3v) is 3.96. The third kappa shape index (κ3) is 5.28. The summed E-state index contributed by atoms with van der Waals surface area (Å²) in [7, 11) is 3.16. The molecule has 122 valence electrons. The topological polar surface area (TPSA) is 59.1 Å². The fraction of sp³-hybridized carbons (Fsp3) is 0.867. The van der Waals surface area contributed by atoms with Crippen LogP contribution in [0.15, 0.2) is 0 Å². The van der Waals surface area contributed by atoms with Gasteiger partial charge in [-0.15, -0.1) is 0 Å². The van der Waals surface area contributed by atoms with Gasteiger partial charge in [-0.3, -0.25) is 9.59 Å². The molecule has 0 N–H and O–H groups in total. The van der Waals surface area contributed by atoms with Crippen LogP contribution >= 0.6 is 0 Å². The molecule has 21 heavy (non-hydrogen) atoms. The molecule has 0 bridgehead atoms. The van der Waals surface area contributed by atoms with Crippen LogP contribution in [0, 0.1) is 0 Å². The van der Waals surface area contributed by atoms with E-state index in [1.54, 1.807) is 19.1 Å². The van der Waals surface area contributed by atoms with Gasteiger partial charge in [0.2, 0.25) is 0 Å². The molecule has 1 aliphatic rings. The van der Waals surface area contributed by atoms with Gasteiger partial charge in [-0.05, 0) is 25.7 Å². The van der Waals surface area contributed by atoms with Gasteiger partial charge in [0.1, 0.15) is 0 Å². The largest absolute Gasteiger partial charge is 0.383 e. The van der Waals surface area contributed by atoms with E-state index in [0.717, 1.165) is 25.7 Å². The SMILES string of the molecule is CCC1CCCCN1C(=O)C(=O)N(CCOC)CCOC. The standard InChI is InChI=1S/C15H28N2O4/c1-4-13-7-5-6-8-17(13)15(19)14(18)16(9-11-20-2)10-12-21-3/h13H,4-12H2,1-3H3. The number of hydrogen-bond acceptors (Lipinski definition) is 4. The second-order valence-corrected chi connectivity index (χ2v) is 5.33. The van der Waals surface area contributed by atoms with Crippen molar-refractivity contribution in [1.82, 2.24) is 9.80 Å². The molecule has 0 radical (unpaired) electrons. The Bertz CT molecular complexity index is 328. The summed E-state index contributed by atoms with van der Waals surface area (Å²) in [5.74, 6) is -0.821. The molecular formula is C15H28N2O4. The van der Waals surface area contributed by atoms with Gasteiger partial charge in [0.05, 0.1) is 13.2 Å². The number of piperidine rings is 1. The average Bonchev–Trinajstić information content (AvgIpc) is 2.53. The quantitative estimate of drug-likeness (QED) is 0.656. The van der Waals surface area contributed by atoms with E-state index in [9.17, 15) is 9.59 Å². The average molecular weight is 300 g/mol. The Morgan fingerprint density at radius 3 is 2.29 bits per heavy atom. The summed E-state index contributed by atoms with van der Waals surface area (Å²) < 4.78 is 10.0. The van der Waals surface area contributed by atoms with Gasteiger partial charge in [0.25, 0.3) is 0 Å². The Kier molecular flexibility index (Phi) is 8.30. The van der Waals surface area contributed by atoms with Crippen LogP contribution in [0.5, 0.6) is 0 Å². The first kappa shape index (κ1) is 17.9. The first-order valence-corrected chi connectivity index (χ1v) is 7.73. The highest BCUT2D eigenvalue weighted by atomic mass is 16.5. The molecule has 0 aromatic heterocycles. The number of amides is 2. The normalized spacial score (nSPS) is 18.6. The van der Waals surface area contributed by atoms with Gasteiger partial charge in [0, 0.05) is 39.9 Å². The van der Waals surface area contributed by atoms with Crippen molar-refractivity contribution in [3.63, 3.8) is 0 Å². The Morgan fingerprint density at radius 2 is 1.76 bits per heavy atom. The molecule has 0 saturated carbocycles. The van der Waals surface area contributed by atoms with Crippen molar-refractivity contribution in [3.05, 3.63) is 0 Å². The summed E-state index contributed by atoms with van der Waals surface area (Å²) in [6.45, 7) is 4.41. The molecule has 1 saturated heterocycles. The molecule has 6 nitrogen and oxygen atoms in total. The second kappa shape index (κ2) is 9.73. The minimum absolute atomic E-state index is 0.196. The van der Waals surface area contributed by atoms with Crippen LogP contribution in [-0.2, 0) is 19.1 Å². The van der Waals surface area contributed by atoms with E-state index in [1.165, 1.54) is 4.90 Å². The molecule has 0 aliphatic carbocycles. The lowest BCUT2D eigenvalue weighted by Gasteiger charge is -2.36. The van der Waals surface area contributed by atoms with Gasteiger partial charge in [0.15, 0.2) is 0 Å². The molecule has 1 rings (SSSR count). The first-order chi connectivity index (χ1) is 10.2. The summed E-state index contributed by atoms with van der Waals surface area (Å²) in [6.07, 6.45) is 4.00. The lowest BCUT2D eigenvalue weighted by Crippen LogP contribution is -2.52. The van der Waals surface area contributed by atoms with Crippen molar-refractivity contribution >= 4 is 11.8 Å². The van der Waals surface area contributed by atoms with Gasteiger partial charge in [-0.2, -0.15) is 0 Å². The molecule has 1 unspecified atom stereocenters. The van der Waals surface area contributed by atoms with Crippen molar-refractivity contribution in [2.75, 3.05) is 47.1 Å². The van der Waals surface area contributed by atoms with Crippen LogP contribution in [0.2, 0.25) is 0 Å². The van der Waals surface area contributed by atoms with E-state index in [0.29, 0.717) is 32.8 Å². The Hall–Kier alpha value is -1.14. The smallest absolute Gasteiger partial charge is 0.312 e. The Labute approximate surface area is 127 Å². The van der Waals surface area contributed by atoms with E-state index >= 15 is 0 Å². The fourth-order valence-electron chi connectivity index (χ4n) is 2.67. The van der Waals surface area contributed by atoms with Crippen molar-refractivity contribution in [2.45, 2.75) is 38.6 Å². The van der Waals surface area contributed by atoms with E-state index in [4.69, 9.17) is 9.47 Å². The van der Waals surface area contributed by atoms with Gasteiger partial charge >= 0.3 is 11.8 Å². The summed E-state index contributed by atoms with van der Waals surface area (Å²) in [6, 6.07) is 0.196. The van der Waals surface area contributed by atoms with E-state index in [2.05, 4.69) is 6.92 Å². The maximum atomic E-state index is 12.5. The summed E-state index contributed by atoms with van der Waals surface area (Å²) in [4.78, 5) is 28.2. The van der Waals surface area contributed by atoms with E-state index in [-0.39, 0.29) is 11.9 Å². The number of likely N-dealkylation sites (tertiary alicyclic amines) is 1. The second-order valence-electron chi connectivity index (χ2n) is 5.33. The minimum atomic E-state index is -0.440.